The van der Waals surface area contributed by atoms with Crippen molar-refractivity contribution in [2.75, 3.05) is 19.1 Å². The Balaban J connectivity index is 1.67. The highest BCUT2D eigenvalue weighted by Crippen LogP contribution is 2.42. The molecule has 0 bridgehead atoms. The summed E-state index contributed by atoms with van der Waals surface area (Å²) in [5.41, 5.74) is 0. The molecule has 3 heterocycles. The van der Waals surface area contributed by atoms with Crippen molar-refractivity contribution in [2.24, 2.45) is 0 Å². The van der Waals surface area contributed by atoms with Crippen LogP contribution < -0.4 is 5.32 Å². The highest BCUT2D eigenvalue weighted by molar-refractivity contribution is 8.00. The second-order valence-corrected chi connectivity index (χ2v) is 6.13. The van der Waals surface area contributed by atoms with E-state index in [0.29, 0.717) is 6.79 Å². The maximum Gasteiger partial charge on any atom is 0.240 e. The molecule has 0 unspecified atom stereocenters. The molecule has 3 aliphatic heterocycles. The van der Waals surface area contributed by atoms with Crippen LogP contribution >= 0.6 is 11.8 Å². The van der Waals surface area contributed by atoms with Crippen LogP contribution in [0.3, 0.4) is 0 Å². The first-order chi connectivity index (χ1) is 7.69. The van der Waals surface area contributed by atoms with E-state index in [-0.39, 0.29) is 23.2 Å². The van der Waals surface area contributed by atoms with E-state index in [1.165, 1.54) is 0 Å². The van der Waals surface area contributed by atoms with Crippen molar-refractivity contribution in [3.8, 4) is 0 Å². The first-order valence-electron chi connectivity index (χ1n) is 5.64. The van der Waals surface area contributed by atoms with Gasteiger partial charge in [-0.25, -0.2) is 0 Å². The quantitative estimate of drug-likeness (QED) is 0.758. The van der Waals surface area contributed by atoms with Crippen molar-refractivity contribution in [1.82, 2.24) is 10.2 Å². The standard InChI is InChI=1S/C10H16N2O3S/c1-10-3-2-7(11-9-14-6-15-9)8(13)12(10)4-5-16-10/h7,9,11H,2-6H2,1H3/t7-,10+/m0/s1. The van der Waals surface area contributed by atoms with E-state index in [2.05, 4.69) is 12.2 Å². The summed E-state index contributed by atoms with van der Waals surface area (Å²) >= 11 is 1.89. The molecule has 5 nitrogen and oxygen atoms in total. The van der Waals surface area contributed by atoms with E-state index in [4.69, 9.17) is 9.47 Å². The molecule has 0 saturated carbocycles. The molecule has 3 rings (SSSR count). The van der Waals surface area contributed by atoms with Crippen molar-refractivity contribution >= 4 is 17.7 Å². The topological polar surface area (TPSA) is 50.8 Å². The van der Waals surface area contributed by atoms with E-state index in [1.54, 1.807) is 0 Å². The Morgan fingerprint density at radius 1 is 1.56 bits per heavy atom. The molecule has 6 heteroatoms. The lowest BCUT2D eigenvalue weighted by Gasteiger charge is -2.43. The Labute approximate surface area is 98.8 Å². The van der Waals surface area contributed by atoms with Crippen LogP contribution in [0.1, 0.15) is 19.8 Å². The van der Waals surface area contributed by atoms with Gasteiger partial charge in [0.25, 0.3) is 0 Å². The first-order valence-corrected chi connectivity index (χ1v) is 6.62. The number of nitrogens with zero attached hydrogens (tertiary/aromatic N) is 1. The molecule has 16 heavy (non-hydrogen) atoms. The second kappa shape index (κ2) is 3.87. The molecule has 3 saturated heterocycles. The SMILES string of the molecule is C[C@@]12CC[C@H](NC3OCO3)C(=O)N1CCS2. The summed E-state index contributed by atoms with van der Waals surface area (Å²) < 4.78 is 10.2. The lowest BCUT2D eigenvalue weighted by Crippen LogP contribution is -2.60. The zero-order valence-corrected chi connectivity index (χ0v) is 10.1. The van der Waals surface area contributed by atoms with Gasteiger partial charge >= 0.3 is 0 Å². The van der Waals surface area contributed by atoms with Crippen LogP contribution in [0.2, 0.25) is 0 Å². The number of carbonyl (C=O) groups excluding carboxylic acids is 1. The van der Waals surface area contributed by atoms with E-state index in [9.17, 15) is 4.79 Å². The Morgan fingerprint density at radius 2 is 2.38 bits per heavy atom. The van der Waals surface area contributed by atoms with Gasteiger partial charge < -0.3 is 14.4 Å². The van der Waals surface area contributed by atoms with Crippen LogP contribution in [-0.2, 0) is 14.3 Å². The molecule has 0 aliphatic carbocycles. The molecule has 0 aromatic carbocycles. The lowest BCUT2D eigenvalue weighted by molar-refractivity contribution is -0.335. The Bertz CT molecular complexity index is 310. The van der Waals surface area contributed by atoms with Crippen molar-refractivity contribution in [3.05, 3.63) is 0 Å². The Kier molecular flexibility index (Phi) is 2.62. The highest BCUT2D eigenvalue weighted by Gasteiger charge is 2.47. The zero-order valence-electron chi connectivity index (χ0n) is 9.27. The maximum atomic E-state index is 12.2. The summed E-state index contributed by atoms with van der Waals surface area (Å²) in [5, 5.41) is 3.09. The summed E-state index contributed by atoms with van der Waals surface area (Å²) in [6, 6.07) is -0.142. The number of hydrogen-bond acceptors (Lipinski definition) is 5. The molecule has 1 amide bonds. The van der Waals surface area contributed by atoms with E-state index >= 15 is 0 Å². The lowest BCUT2D eigenvalue weighted by atomic mass is 9.98. The summed E-state index contributed by atoms with van der Waals surface area (Å²) in [6.45, 7) is 3.36. The number of piperidine rings is 1. The normalized spacial score (nSPS) is 39.7. The summed E-state index contributed by atoms with van der Waals surface area (Å²) in [5.74, 6) is 1.24. The van der Waals surface area contributed by atoms with Gasteiger partial charge in [0.15, 0.2) is 6.79 Å². The number of thioether (sulfide) groups is 1. The van der Waals surface area contributed by atoms with E-state index in [1.807, 2.05) is 16.7 Å². The van der Waals surface area contributed by atoms with Gasteiger partial charge in [-0.1, -0.05) is 0 Å². The fraction of sp³-hybridized carbons (Fsp3) is 0.900. The van der Waals surface area contributed by atoms with Crippen molar-refractivity contribution in [3.63, 3.8) is 0 Å². The van der Waals surface area contributed by atoms with Crippen LogP contribution in [0.25, 0.3) is 0 Å². The average Bonchev–Trinajstić information content (AvgIpc) is 2.57. The van der Waals surface area contributed by atoms with Gasteiger partial charge in [0.05, 0.1) is 10.9 Å². The van der Waals surface area contributed by atoms with Crippen LogP contribution in [0.5, 0.6) is 0 Å². The van der Waals surface area contributed by atoms with E-state index < -0.39 is 0 Å². The van der Waals surface area contributed by atoms with E-state index in [0.717, 1.165) is 25.1 Å². The van der Waals surface area contributed by atoms with Crippen molar-refractivity contribution < 1.29 is 14.3 Å². The van der Waals surface area contributed by atoms with Gasteiger partial charge in [-0.05, 0) is 19.8 Å². The molecular weight excluding hydrogens is 228 g/mol. The molecule has 90 valence electrons. The maximum absolute atomic E-state index is 12.2. The minimum absolute atomic E-state index is 0.0244. The number of fused-ring (bicyclic) bond motifs is 1. The van der Waals surface area contributed by atoms with Gasteiger partial charge in [0, 0.05) is 12.3 Å². The minimum atomic E-state index is -0.381. The van der Waals surface area contributed by atoms with Gasteiger partial charge in [-0.15, -0.1) is 11.8 Å². The molecule has 2 atom stereocenters. The van der Waals surface area contributed by atoms with Gasteiger partial charge in [0.1, 0.15) is 0 Å². The molecule has 1 N–H and O–H groups in total. The smallest absolute Gasteiger partial charge is 0.240 e. The molecule has 3 fully saturated rings. The molecule has 0 radical (unpaired) electrons. The van der Waals surface area contributed by atoms with Crippen molar-refractivity contribution in [1.29, 1.82) is 0 Å². The third kappa shape index (κ3) is 1.64. The molecule has 0 aromatic rings. The molecule has 3 aliphatic rings. The number of ether oxygens (including phenoxy) is 2. The predicted octanol–water partition coefficient (Wildman–Crippen LogP) is 0.318. The summed E-state index contributed by atoms with van der Waals surface area (Å²) in [4.78, 5) is 14.2. The highest BCUT2D eigenvalue weighted by atomic mass is 32.2. The van der Waals surface area contributed by atoms with Gasteiger partial charge in [-0.3, -0.25) is 10.1 Å². The number of carbonyl (C=O) groups is 1. The van der Waals surface area contributed by atoms with Gasteiger partial charge in [-0.2, -0.15) is 0 Å². The van der Waals surface area contributed by atoms with Crippen LogP contribution in [0, 0.1) is 0 Å². The second-order valence-electron chi connectivity index (χ2n) is 4.55. The van der Waals surface area contributed by atoms with Crippen molar-refractivity contribution in [2.45, 2.75) is 37.1 Å². The van der Waals surface area contributed by atoms with Gasteiger partial charge in [0.2, 0.25) is 12.3 Å². The summed E-state index contributed by atoms with van der Waals surface area (Å²) in [7, 11) is 0. The number of amides is 1. The monoisotopic (exact) mass is 244 g/mol. The molecule has 0 spiro atoms. The summed E-state index contributed by atoms with van der Waals surface area (Å²) in [6.07, 6.45) is 1.52. The number of rotatable bonds is 2. The Morgan fingerprint density at radius 3 is 3.06 bits per heavy atom. The Hall–Kier alpha value is -0.300. The number of nitrogens with one attached hydrogen (secondary N) is 1. The third-order valence-corrected chi connectivity index (χ3v) is 4.97. The largest absolute Gasteiger partial charge is 0.326 e. The van der Waals surface area contributed by atoms with Crippen LogP contribution in [0.15, 0.2) is 0 Å². The predicted molar refractivity (Wildman–Crippen MR) is 59.6 cm³/mol. The fourth-order valence-electron chi connectivity index (χ4n) is 2.50. The van der Waals surface area contributed by atoms with Crippen LogP contribution in [-0.4, -0.2) is 47.2 Å². The minimum Gasteiger partial charge on any atom is -0.326 e. The average molecular weight is 244 g/mol. The zero-order chi connectivity index (χ0) is 11.2. The van der Waals surface area contributed by atoms with Crippen LogP contribution in [0.4, 0.5) is 0 Å². The third-order valence-electron chi connectivity index (χ3n) is 3.54. The number of hydrogen-bond donors (Lipinski definition) is 1. The molecular formula is C10H16N2O3S. The fourth-order valence-corrected chi connectivity index (χ4v) is 3.81. The molecule has 0 aromatic heterocycles. The first kappa shape index (κ1) is 10.8.